The third kappa shape index (κ3) is 3.65. The van der Waals surface area contributed by atoms with Gasteiger partial charge >= 0.3 is 0 Å². The maximum atomic E-state index is 12.7. The molecule has 0 bridgehead atoms. The van der Waals surface area contributed by atoms with Gasteiger partial charge in [-0.2, -0.15) is 0 Å². The van der Waals surface area contributed by atoms with Crippen LogP contribution in [0.4, 0.5) is 0 Å². The van der Waals surface area contributed by atoms with E-state index in [1.807, 2.05) is 0 Å². The van der Waals surface area contributed by atoms with Gasteiger partial charge in [-0.05, 0) is 25.3 Å². The summed E-state index contributed by atoms with van der Waals surface area (Å²) in [5.41, 5.74) is -0.273. The first-order valence-corrected chi connectivity index (χ1v) is 9.05. The molecule has 7 heteroatoms. The molecule has 0 aromatic heterocycles. The van der Waals surface area contributed by atoms with Crippen molar-refractivity contribution in [2.45, 2.75) is 25.7 Å². The second kappa shape index (κ2) is 6.62. The molecule has 2 fully saturated rings. The first-order chi connectivity index (χ1) is 8.85. The third-order valence-corrected chi connectivity index (χ3v) is 5.53. The number of nitrogens with one attached hydrogen (secondary N) is 1. The molecule has 1 heterocycles. The molecule has 2 atom stereocenters. The van der Waals surface area contributed by atoms with Gasteiger partial charge in [0, 0.05) is 26.4 Å². The highest BCUT2D eigenvalue weighted by Crippen LogP contribution is 2.44. The van der Waals surface area contributed by atoms with Gasteiger partial charge in [-0.15, -0.1) is 12.4 Å². The van der Waals surface area contributed by atoms with Crippen molar-refractivity contribution in [1.29, 1.82) is 0 Å². The Hall–Kier alpha value is -0.330. The van der Waals surface area contributed by atoms with Gasteiger partial charge in [0.2, 0.25) is 5.91 Å². The van der Waals surface area contributed by atoms with Crippen LogP contribution in [0.2, 0.25) is 0 Å². The lowest BCUT2D eigenvalue weighted by Crippen LogP contribution is -2.49. The topological polar surface area (TPSA) is 66.5 Å². The highest BCUT2D eigenvalue weighted by molar-refractivity contribution is 7.90. The van der Waals surface area contributed by atoms with E-state index < -0.39 is 9.84 Å². The average molecular weight is 325 g/mol. The molecule has 20 heavy (non-hydrogen) atoms. The van der Waals surface area contributed by atoms with Crippen LogP contribution in [0.15, 0.2) is 0 Å². The summed E-state index contributed by atoms with van der Waals surface area (Å²) in [5, 5.41) is 3.35. The summed E-state index contributed by atoms with van der Waals surface area (Å²) in [7, 11) is -1.29. The van der Waals surface area contributed by atoms with Crippen molar-refractivity contribution < 1.29 is 13.2 Å². The molecule has 1 amide bonds. The van der Waals surface area contributed by atoms with E-state index in [1.54, 1.807) is 11.9 Å². The number of fused-ring (bicyclic) bond motifs is 1. The van der Waals surface area contributed by atoms with Crippen molar-refractivity contribution in [1.82, 2.24) is 10.2 Å². The van der Waals surface area contributed by atoms with Crippen LogP contribution in [0.1, 0.15) is 25.7 Å². The molecule has 1 saturated carbocycles. The first-order valence-electron chi connectivity index (χ1n) is 6.99. The Kier molecular flexibility index (Phi) is 5.87. The van der Waals surface area contributed by atoms with Gasteiger partial charge in [-0.1, -0.05) is 12.8 Å². The van der Waals surface area contributed by atoms with E-state index >= 15 is 0 Å². The second-order valence-corrected chi connectivity index (χ2v) is 8.35. The van der Waals surface area contributed by atoms with Gasteiger partial charge < -0.3 is 10.2 Å². The van der Waals surface area contributed by atoms with E-state index in [-0.39, 0.29) is 29.5 Å². The van der Waals surface area contributed by atoms with Crippen LogP contribution in [-0.2, 0) is 14.6 Å². The fraction of sp³-hybridized carbons (Fsp3) is 0.923. The molecule has 0 aromatic carbocycles. The fourth-order valence-corrected chi connectivity index (χ4v) is 4.06. The summed E-state index contributed by atoms with van der Waals surface area (Å²) < 4.78 is 22.4. The van der Waals surface area contributed by atoms with Crippen molar-refractivity contribution in [2.75, 3.05) is 38.7 Å². The summed E-state index contributed by atoms with van der Waals surface area (Å²) in [6.45, 7) is 1.97. The number of carbonyl (C=O) groups is 1. The van der Waals surface area contributed by atoms with Crippen LogP contribution in [0.5, 0.6) is 0 Å². The number of hydrogen-bond acceptors (Lipinski definition) is 4. The molecule has 0 radical (unpaired) electrons. The minimum absolute atomic E-state index is 0. The van der Waals surface area contributed by atoms with Crippen molar-refractivity contribution >= 4 is 28.2 Å². The highest BCUT2D eigenvalue weighted by atomic mass is 35.5. The fourth-order valence-electron chi connectivity index (χ4n) is 3.45. The number of nitrogens with zero attached hydrogens (tertiary/aromatic N) is 1. The predicted molar refractivity (Wildman–Crippen MR) is 81.9 cm³/mol. The van der Waals surface area contributed by atoms with Crippen molar-refractivity contribution in [2.24, 2.45) is 11.3 Å². The summed E-state index contributed by atoms with van der Waals surface area (Å²) in [4.78, 5) is 14.3. The molecular formula is C13H25ClN2O3S. The van der Waals surface area contributed by atoms with Gasteiger partial charge in [0.1, 0.15) is 9.84 Å². The summed E-state index contributed by atoms with van der Waals surface area (Å²) in [5.74, 6) is 0.601. The largest absolute Gasteiger partial charge is 0.344 e. The molecule has 0 aromatic rings. The van der Waals surface area contributed by atoms with E-state index in [9.17, 15) is 13.2 Å². The van der Waals surface area contributed by atoms with Crippen molar-refractivity contribution in [3.8, 4) is 0 Å². The molecule has 1 aliphatic heterocycles. The normalized spacial score (nSPS) is 29.4. The van der Waals surface area contributed by atoms with E-state index in [0.29, 0.717) is 12.5 Å². The molecule has 1 aliphatic carbocycles. The Morgan fingerprint density at radius 3 is 2.75 bits per heavy atom. The molecular weight excluding hydrogens is 300 g/mol. The Balaban J connectivity index is 0.00000200. The Labute approximate surface area is 127 Å². The molecule has 1 saturated heterocycles. The summed E-state index contributed by atoms with van der Waals surface area (Å²) in [6, 6.07) is 0. The van der Waals surface area contributed by atoms with Crippen LogP contribution >= 0.6 is 12.4 Å². The minimum atomic E-state index is -3.02. The number of halogens is 1. The van der Waals surface area contributed by atoms with Crippen LogP contribution in [0.25, 0.3) is 0 Å². The van der Waals surface area contributed by atoms with Crippen molar-refractivity contribution in [3.05, 3.63) is 0 Å². The molecule has 118 valence electrons. The van der Waals surface area contributed by atoms with Crippen LogP contribution in [0, 0.1) is 11.3 Å². The molecule has 1 N–H and O–H groups in total. The minimum Gasteiger partial charge on any atom is -0.344 e. The van der Waals surface area contributed by atoms with Gasteiger partial charge in [0.15, 0.2) is 0 Å². The molecule has 0 unspecified atom stereocenters. The summed E-state index contributed by atoms with van der Waals surface area (Å²) in [6.07, 6.45) is 5.56. The SMILES string of the molecule is CN(CCS(C)(=O)=O)C(=O)[C@@]12CCCC[C@H]1CNC2.Cl. The van der Waals surface area contributed by atoms with Crippen LogP contribution in [0.3, 0.4) is 0 Å². The van der Waals surface area contributed by atoms with Gasteiger partial charge in [0.05, 0.1) is 11.2 Å². The van der Waals surface area contributed by atoms with E-state index in [4.69, 9.17) is 0 Å². The molecule has 5 nitrogen and oxygen atoms in total. The maximum Gasteiger partial charge on any atom is 0.230 e. The second-order valence-electron chi connectivity index (χ2n) is 6.09. The quantitative estimate of drug-likeness (QED) is 0.826. The Bertz CT molecular complexity index is 455. The van der Waals surface area contributed by atoms with Gasteiger partial charge in [-0.3, -0.25) is 4.79 Å². The maximum absolute atomic E-state index is 12.7. The lowest BCUT2D eigenvalue weighted by Gasteiger charge is -2.39. The molecule has 0 spiro atoms. The third-order valence-electron chi connectivity index (χ3n) is 4.61. The first kappa shape index (κ1) is 17.7. The number of carbonyl (C=O) groups excluding carboxylic acids is 1. The van der Waals surface area contributed by atoms with Crippen molar-refractivity contribution in [3.63, 3.8) is 0 Å². The van der Waals surface area contributed by atoms with Crippen LogP contribution in [-0.4, -0.2) is 57.9 Å². The Morgan fingerprint density at radius 2 is 2.10 bits per heavy atom. The molecule has 2 rings (SSSR count). The lowest BCUT2D eigenvalue weighted by molar-refractivity contribution is -0.143. The highest BCUT2D eigenvalue weighted by Gasteiger charge is 2.50. The van der Waals surface area contributed by atoms with Gasteiger partial charge in [0.25, 0.3) is 0 Å². The smallest absolute Gasteiger partial charge is 0.230 e. The van der Waals surface area contributed by atoms with E-state index in [2.05, 4.69) is 5.32 Å². The standard InChI is InChI=1S/C13H24N2O3S.ClH/c1-15(7-8-19(2,17)18)12(16)13-6-4-3-5-11(13)9-14-10-13;/h11,14H,3-10H2,1-2H3;1H/t11-,13+;/m0./s1. The number of amides is 1. The zero-order valence-corrected chi connectivity index (χ0v) is 13.9. The Morgan fingerprint density at radius 1 is 1.40 bits per heavy atom. The molecule has 2 aliphatic rings. The predicted octanol–water partition coefficient (Wildman–Crippen LogP) is 0.691. The number of hydrogen-bond donors (Lipinski definition) is 1. The van der Waals surface area contributed by atoms with Gasteiger partial charge in [-0.25, -0.2) is 8.42 Å². The monoisotopic (exact) mass is 324 g/mol. The van der Waals surface area contributed by atoms with E-state index in [0.717, 1.165) is 32.4 Å². The van der Waals surface area contributed by atoms with E-state index in [1.165, 1.54) is 12.7 Å². The average Bonchev–Trinajstić information content (AvgIpc) is 2.78. The number of rotatable bonds is 4. The van der Waals surface area contributed by atoms with Crippen LogP contribution < -0.4 is 5.32 Å². The zero-order chi connectivity index (χ0) is 14.1. The lowest BCUT2D eigenvalue weighted by atomic mass is 9.67. The summed E-state index contributed by atoms with van der Waals surface area (Å²) >= 11 is 0. The number of sulfone groups is 1. The zero-order valence-electron chi connectivity index (χ0n) is 12.2.